The highest BCUT2D eigenvalue weighted by molar-refractivity contribution is 6.32. The number of hydrogen-bond donors (Lipinski definition) is 1. The lowest BCUT2D eigenvalue weighted by Gasteiger charge is -2.12. The second-order valence-corrected chi connectivity index (χ2v) is 3.35. The Morgan fingerprint density at radius 2 is 2.08 bits per heavy atom. The highest BCUT2D eigenvalue weighted by Crippen LogP contribution is 2.31. The van der Waals surface area contributed by atoms with Crippen LogP contribution in [-0.2, 0) is 0 Å². The number of methoxy groups -OCH3 is 1. The lowest BCUT2D eigenvalue weighted by molar-refractivity contribution is 0.199. The lowest BCUT2D eigenvalue weighted by Crippen LogP contribution is -1.96. The molecule has 3 heteroatoms. The molecule has 1 N–H and O–H groups in total. The Hall–Kier alpha value is -0.730. The molecular weight excluding hydrogens is 188 g/mol. The molecule has 0 saturated heterocycles. The van der Waals surface area contributed by atoms with Crippen LogP contribution in [0, 0.1) is 6.92 Å². The zero-order valence-electron chi connectivity index (χ0n) is 7.97. The van der Waals surface area contributed by atoms with Crippen molar-refractivity contribution in [2.24, 2.45) is 0 Å². The summed E-state index contributed by atoms with van der Waals surface area (Å²) in [4.78, 5) is 0. The van der Waals surface area contributed by atoms with Gasteiger partial charge in [0, 0.05) is 5.56 Å². The molecule has 0 aliphatic carbocycles. The number of benzene rings is 1. The minimum absolute atomic E-state index is 0.544. The molecule has 72 valence electrons. The number of rotatable bonds is 2. The second-order valence-electron chi connectivity index (χ2n) is 2.97. The third-order valence-electron chi connectivity index (χ3n) is 2.04. The van der Waals surface area contributed by atoms with Gasteiger partial charge in [0.25, 0.3) is 0 Å². The summed E-state index contributed by atoms with van der Waals surface area (Å²) in [5, 5.41) is 9.95. The molecule has 0 heterocycles. The van der Waals surface area contributed by atoms with Crippen molar-refractivity contribution < 1.29 is 9.84 Å². The molecule has 1 aromatic carbocycles. The Labute approximate surface area is 83.1 Å². The van der Waals surface area contributed by atoms with E-state index in [-0.39, 0.29) is 0 Å². The van der Waals surface area contributed by atoms with Crippen LogP contribution in [0.3, 0.4) is 0 Å². The third kappa shape index (κ3) is 1.95. The quantitative estimate of drug-likeness (QED) is 0.796. The van der Waals surface area contributed by atoms with Crippen molar-refractivity contribution in [2.75, 3.05) is 7.11 Å². The molecule has 1 rings (SSSR count). The van der Waals surface area contributed by atoms with Gasteiger partial charge in [0.15, 0.2) is 0 Å². The molecule has 0 fully saturated rings. The average Bonchev–Trinajstić information content (AvgIpc) is 2.09. The van der Waals surface area contributed by atoms with Crippen LogP contribution in [0.25, 0.3) is 0 Å². The summed E-state index contributed by atoms with van der Waals surface area (Å²) in [6.07, 6.45) is -0.544. The summed E-state index contributed by atoms with van der Waals surface area (Å²) in [5.41, 5.74) is 1.60. The molecule has 13 heavy (non-hydrogen) atoms. The van der Waals surface area contributed by atoms with Gasteiger partial charge in [-0.15, -0.1) is 0 Å². The fourth-order valence-electron chi connectivity index (χ4n) is 1.23. The number of ether oxygens (including phenoxy) is 1. The van der Waals surface area contributed by atoms with E-state index in [0.717, 1.165) is 16.9 Å². The van der Waals surface area contributed by atoms with Crippen molar-refractivity contribution >= 4 is 11.6 Å². The van der Waals surface area contributed by atoms with Crippen LogP contribution in [0.2, 0.25) is 5.02 Å². The average molecular weight is 201 g/mol. The molecular formula is C10H13ClO2. The molecule has 1 unspecified atom stereocenters. The van der Waals surface area contributed by atoms with Gasteiger partial charge in [-0.1, -0.05) is 17.7 Å². The highest BCUT2D eigenvalue weighted by Gasteiger charge is 2.11. The predicted molar refractivity (Wildman–Crippen MR) is 53.4 cm³/mol. The van der Waals surface area contributed by atoms with Crippen molar-refractivity contribution in [3.63, 3.8) is 0 Å². The van der Waals surface area contributed by atoms with Gasteiger partial charge < -0.3 is 9.84 Å². The zero-order chi connectivity index (χ0) is 10.0. The van der Waals surface area contributed by atoms with Crippen molar-refractivity contribution in [2.45, 2.75) is 20.0 Å². The number of halogens is 1. The molecule has 0 aliphatic heterocycles. The normalized spacial score (nSPS) is 12.7. The van der Waals surface area contributed by atoms with Gasteiger partial charge in [-0.3, -0.25) is 0 Å². The van der Waals surface area contributed by atoms with Crippen LogP contribution in [0.5, 0.6) is 5.75 Å². The summed E-state index contributed by atoms with van der Waals surface area (Å²) in [6.45, 7) is 3.56. The van der Waals surface area contributed by atoms with E-state index in [2.05, 4.69) is 0 Å². The zero-order valence-corrected chi connectivity index (χ0v) is 8.72. The maximum atomic E-state index is 9.37. The first-order valence-corrected chi connectivity index (χ1v) is 4.46. The number of aliphatic hydroxyl groups is 1. The van der Waals surface area contributed by atoms with E-state index in [1.165, 1.54) is 0 Å². The van der Waals surface area contributed by atoms with E-state index in [1.54, 1.807) is 20.1 Å². The Bertz CT molecular complexity index is 308. The monoisotopic (exact) mass is 200 g/mol. The summed E-state index contributed by atoms with van der Waals surface area (Å²) < 4.78 is 5.09. The number of hydrogen-bond acceptors (Lipinski definition) is 2. The van der Waals surface area contributed by atoms with Crippen LogP contribution in [0.4, 0.5) is 0 Å². The van der Waals surface area contributed by atoms with Gasteiger partial charge in [-0.2, -0.15) is 0 Å². The molecule has 1 atom stereocenters. The maximum Gasteiger partial charge on any atom is 0.123 e. The van der Waals surface area contributed by atoms with Gasteiger partial charge >= 0.3 is 0 Å². The predicted octanol–water partition coefficient (Wildman–Crippen LogP) is 2.71. The van der Waals surface area contributed by atoms with E-state index in [4.69, 9.17) is 16.3 Å². The first-order chi connectivity index (χ1) is 6.07. The fraction of sp³-hybridized carbons (Fsp3) is 0.400. The molecule has 0 spiro atoms. The van der Waals surface area contributed by atoms with Gasteiger partial charge in [-0.05, 0) is 25.5 Å². The van der Waals surface area contributed by atoms with Crippen LogP contribution in [0.15, 0.2) is 12.1 Å². The van der Waals surface area contributed by atoms with E-state index in [0.29, 0.717) is 5.02 Å². The molecule has 0 aliphatic rings. The van der Waals surface area contributed by atoms with Crippen molar-refractivity contribution in [3.8, 4) is 5.75 Å². The second kappa shape index (κ2) is 3.99. The summed E-state index contributed by atoms with van der Waals surface area (Å²) in [6, 6.07) is 3.59. The largest absolute Gasteiger partial charge is 0.496 e. The molecule has 1 aromatic rings. The van der Waals surface area contributed by atoms with Gasteiger partial charge in [0.05, 0.1) is 18.2 Å². The fourth-order valence-corrected chi connectivity index (χ4v) is 1.55. The summed E-state index contributed by atoms with van der Waals surface area (Å²) in [5.74, 6) is 0.745. The van der Waals surface area contributed by atoms with Crippen molar-refractivity contribution in [3.05, 3.63) is 28.3 Å². The van der Waals surface area contributed by atoms with Gasteiger partial charge in [-0.25, -0.2) is 0 Å². The molecule has 0 amide bonds. The standard InChI is InChI=1S/C10H13ClO2/c1-6-9(13-3)5-4-8(7(2)12)10(6)11/h4-5,7,12H,1-3H3. The number of aliphatic hydroxyl groups excluding tert-OH is 1. The minimum atomic E-state index is -0.544. The Morgan fingerprint density at radius 1 is 1.46 bits per heavy atom. The molecule has 2 nitrogen and oxygen atoms in total. The van der Waals surface area contributed by atoms with E-state index in [9.17, 15) is 5.11 Å². The van der Waals surface area contributed by atoms with E-state index >= 15 is 0 Å². The summed E-state index contributed by atoms with van der Waals surface area (Å²) in [7, 11) is 1.60. The van der Waals surface area contributed by atoms with E-state index in [1.807, 2.05) is 13.0 Å². The third-order valence-corrected chi connectivity index (χ3v) is 2.54. The molecule has 0 saturated carbocycles. The minimum Gasteiger partial charge on any atom is -0.496 e. The maximum absolute atomic E-state index is 9.37. The molecule has 0 bridgehead atoms. The Kier molecular flexibility index (Phi) is 3.17. The van der Waals surface area contributed by atoms with Gasteiger partial charge in [0.1, 0.15) is 5.75 Å². The van der Waals surface area contributed by atoms with Crippen LogP contribution in [-0.4, -0.2) is 12.2 Å². The highest BCUT2D eigenvalue weighted by atomic mass is 35.5. The first-order valence-electron chi connectivity index (χ1n) is 4.09. The van der Waals surface area contributed by atoms with Crippen LogP contribution >= 0.6 is 11.6 Å². The topological polar surface area (TPSA) is 29.5 Å². The smallest absolute Gasteiger partial charge is 0.123 e. The Morgan fingerprint density at radius 3 is 2.54 bits per heavy atom. The summed E-state index contributed by atoms with van der Waals surface area (Å²) >= 11 is 6.03. The SMILES string of the molecule is COc1ccc(C(C)O)c(Cl)c1C. The van der Waals surface area contributed by atoms with Crippen molar-refractivity contribution in [1.82, 2.24) is 0 Å². The van der Waals surface area contributed by atoms with Crippen LogP contribution < -0.4 is 4.74 Å². The van der Waals surface area contributed by atoms with Gasteiger partial charge in [0.2, 0.25) is 0 Å². The van der Waals surface area contributed by atoms with E-state index < -0.39 is 6.10 Å². The lowest BCUT2D eigenvalue weighted by atomic mass is 10.1. The molecule has 0 radical (unpaired) electrons. The Balaban J connectivity index is 3.23. The van der Waals surface area contributed by atoms with Crippen LogP contribution in [0.1, 0.15) is 24.2 Å². The first kappa shape index (κ1) is 10.4. The molecule has 0 aromatic heterocycles. The van der Waals surface area contributed by atoms with Crippen molar-refractivity contribution in [1.29, 1.82) is 0 Å².